The topological polar surface area (TPSA) is 73.5 Å². The molecular formula is C19H28N4O2. The van der Waals surface area contributed by atoms with Gasteiger partial charge in [-0.15, -0.1) is 0 Å². The maximum absolute atomic E-state index is 12.5. The summed E-state index contributed by atoms with van der Waals surface area (Å²) in [7, 11) is 0. The molecular weight excluding hydrogens is 316 g/mol. The van der Waals surface area contributed by atoms with Crippen LogP contribution >= 0.6 is 0 Å². The van der Waals surface area contributed by atoms with Crippen molar-refractivity contribution in [3.63, 3.8) is 0 Å². The number of anilines is 1. The number of urea groups is 1. The Kier molecular flexibility index (Phi) is 5.91. The van der Waals surface area contributed by atoms with Crippen LogP contribution < -0.4 is 16.0 Å². The maximum atomic E-state index is 12.5. The minimum Gasteiger partial charge on any atom is -0.354 e. The Bertz CT molecular complexity index is 613. The first kappa shape index (κ1) is 17.7. The lowest BCUT2D eigenvalue weighted by Crippen LogP contribution is -2.48. The Morgan fingerprint density at radius 2 is 2.16 bits per heavy atom. The average Bonchev–Trinajstić information content (AvgIpc) is 3.13. The van der Waals surface area contributed by atoms with Crippen LogP contribution in [0.15, 0.2) is 24.3 Å². The highest BCUT2D eigenvalue weighted by molar-refractivity contribution is 5.90. The predicted molar refractivity (Wildman–Crippen MR) is 98.5 cm³/mol. The number of benzene rings is 1. The summed E-state index contributed by atoms with van der Waals surface area (Å²) in [5.74, 6) is -0.0415. The molecule has 2 atom stereocenters. The molecule has 0 bridgehead atoms. The van der Waals surface area contributed by atoms with Crippen LogP contribution in [0, 0.1) is 12.8 Å². The maximum Gasteiger partial charge on any atom is 0.321 e. The molecule has 2 aliphatic rings. The summed E-state index contributed by atoms with van der Waals surface area (Å²) in [6.07, 6.45) is 4.01. The Morgan fingerprint density at radius 3 is 2.92 bits per heavy atom. The standard InChI is InChI=1S/C19H28N4O2/c1-14-5-2-7-16(11-14)22-19(25)23-10-4-6-15(13-23)18(24)21-12-17-8-3-9-20-17/h2,5,7,11,15,17,20H,3-4,6,8-10,12-13H2,1H3,(H,21,24)(H,22,25). The summed E-state index contributed by atoms with van der Waals surface area (Å²) in [6, 6.07) is 8.02. The van der Waals surface area contributed by atoms with Crippen molar-refractivity contribution in [3.05, 3.63) is 29.8 Å². The second-order valence-electron chi connectivity index (χ2n) is 7.12. The van der Waals surface area contributed by atoms with E-state index in [4.69, 9.17) is 0 Å². The summed E-state index contributed by atoms with van der Waals surface area (Å²) < 4.78 is 0. The normalized spacial score (nSPS) is 23.3. The molecule has 2 heterocycles. The van der Waals surface area contributed by atoms with E-state index in [9.17, 15) is 9.59 Å². The smallest absolute Gasteiger partial charge is 0.321 e. The van der Waals surface area contributed by atoms with Gasteiger partial charge >= 0.3 is 6.03 Å². The molecule has 2 aliphatic heterocycles. The molecule has 0 aliphatic carbocycles. The molecule has 1 aromatic rings. The van der Waals surface area contributed by atoms with Crippen molar-refractivity contribution in [2.24, 2.45) is 5.92 Å². The zero-order valence-electron chi connectivity index (χ0n) is 14.9. The lowest BCUT2D eigenvalue weighted by Gasteiger charge is -2.32. The van der Waals surface area contributed by atoms with Crippen molar-refractivity contribution in [2.75, 3.05) is 31.5 Å². The summed E-state index contributed by atoms with van der Waals surface area (Å²) in [6.45, 7) is 4.91. The van der Waals surface area contributed by atoms with Crippen LogP contribution in [0.2, 0.25) is 0 Å². The summed E-state index contributed by atoms with van der Waals surface area (Å²) >= 11 is 0. The minimum absolute atomic E-state index is 0.0711. The molecule has 0 radical (unpaired) electrons. The molecule has 2 fully saturated rings. The van der Waals surface area contributed by atoms with Gasteiger partial charge in [0.1, 0.15) is 0 Å². The van der Waals surface area contributed by atoms with E-state index in [2.05, 4.69) is 16.0 Å². The fourth-order valence-corrected chi connectivity index (χ4v) is 3.60. The van der Waals surface area contributed by atoms with Crippen molar-refractivity contribution < 1.29 is 9.59 Å². The number of rotatable bonds is 4. The Balaban J connectivity index is 1.49. The van der Waals surface area contributed by atoms with Crippen LogP contribution in [0.4, 0.5) is 10.5 Å². The lowest BCUT2D eigenvalue weighted by molar-refractivity contribution is -0.126. The molecule has 0 aromatic heterocycles. The van der Waals surface area contributed by atoms with Gasteiger partial charge in [-0.2, -0.15) is 0 Å². The van der Waals surface area contributed by atoms with E-state index in [1.54, 1.807) is 4.90 Å². The second-order valence-corrected chi connectivity index (χ2v) is 7.12. The molecule has 6 heteroatoms. The molecule has 6 nitrogen and oxygen atoms in total. The van der Waals surface area contributed by atoms with E-state index in [1.165, 1.54) is 6.42 Å². The molecule has 2 unspecified atom stereocenters. The predicted octanol–water partition coefficient (Wildman–Crippen LogP) is 2.11. The van der Waals surface area contributed by atoms with Crippen molar-refractivity contribution in [1.82, 2.24) is 15.5 Å². The molecule has 25 heavy (non-hydrogen) atoms. The number of amides is 3. The molecule has 1 aromatic carbocycles. The lowest BCUT2D eigenvalue weighted by atomic mass is 9.97. The molecule has 3 N–H and O–H groups in total. The SMILES string of the molecule is Cc1cccc(NC(=O)N2CCCC(C(=O)NCC3CCCN3)C2)c1. The summed E-state index contributed by atoms with van der Waals surface area (Å²) in [4.78, 5) is 26.7. The van der Waals surface area contributed by atoms with Gasteiger partial charge < -0.3 is 20.9 Å². The third kappa shape index (κ3) is 4.95. The van der Waals surface area contributed by atoms with Gasteiger partial charge in [0.05, 0.1) is 5.92 Å². The summed E-state index contributed by atoms with van der Waals surface area (Å²) in [5, 5.41) is 9.37. The zero-order valence-corrected chi connectivity index (χ0v) is 14.9. The van der Waals surface area contributed by atoms with Crippen molar-refractivity contribution >= 4 is 17.6 Å². The van der Waals surface area contributed by atoms with Gasteiger partial charge in [0.15, 0.2) is 0 Å². The van der Waals surface area contributed by atoms with Crippen LogP contribution in [0.5, 0.6) is 0 Å². The molecule has 2 saturated heterocycles. The highest BCUT2D eigenvalue weighted by atomic mass is 16.2. The first-order chi connectivity index (χ1) is 12.1. The number of hydrogen-bond donors (Lipinski definition) is 3. The molecule has 0 saturated carbocycles. The second kappa shape index (κ2) is 8.34. The van der Waals surface area contributed by atoms with E-state index >= 15 is 0 Å². The van der Waals surface area contributed by atoms with E-state index in [0.717, 1.165) is 37.1 Å². The van der Waals surface area contributed by atoms with Gasteiger partial charge in [0, 0.05) is 31.4 Å². The van der Waals surface area contributed by atoms with Crippen molar-refractivity contribution in [3.8, 4) is 0 Å². The van der Waals surface area contributed by atoms with Gasteiger partial charge in [-0.05, 0) is 56.8 Å². The fourth-order valence-electron chi connectivity index (χ4n) is 3.60. The number of carbonyl (C=O) groups excluding carboxylic acids is 2. The fraction of sp³-hybridized carbons (Fsp3) is 0.579. The van der Waals surface area contributed by atoms with Crippen LogP contribution in [0.1, 0.15) is 31.2 Å². The number of piperidine rings is 1. The minimum atomic E-state index is -0.124. The highest BCUT2D eigenvalue weighted by Gasteiger charge is 2.29. The molecule has 0 spiro atoms. The summed E-state index contributed by atoms with van der Waals surface area (Å²) in [5.41, 5.74) is 1.90. The van der Waals surface area contributed by atoms with Gasteiger partial charge in [-0.1, -0.05) is 12.1 Å². The van der Waals surface area contributed by atoms with E-state index < -0.39 is 0 Å². The largest absolute Gasteiger partial charge is 0.354 e. The Morgan fingerprint density at radius 1 is 1.28 bits per heavy atom. The third-order valence-electron chi connectivity index (χ3n) is 5.03. The number of nitrogens with one attached hydrogen (secondary N) is 3. The number of aryl methyl sites for hydroxylation is 1. The van der Waals surface area contributed by atoms with E-state index in [-0.39, 0.29) is 17.9 Å². The third-order valence-corrected chi connectivity index (χ3v) is 5.03. The molecule has 3 rings (SSSR count). The quantitative estimate of drug-likeness (QED) is 0.783. The van der Waals surface area contributed by atoms with Gasteiger partial charge in [-0.3, -0.25) is 4.79 Å². The van der Waals surface area contributed by atoms with E-state index in [0.29, 0.717) is 25.7 Å². The number of carbonyl (C=O) groups is 2. The van der Waals surface area contributed by atoms with Crippen LogP contribution in [-0.2, 0) is 4.79 Å². The number of likely N-dealkylation sites (tertiary alicyclic amines) is 1. The van der Waals surface area contributed by atoms with Crippen molar-refractivity contribution in [1.29, 1.82) is 0 Å². The first-order valence-electron chi connectivity index (χ1n) is 9.25. The van der Waals surface area contributed by atoms with Gasteiger partial charge in [0.25, 0.3) is 0 Å². The number of nitrogens with zero attached hydrogens (tertiary/aromatic N) is 1. The van der Waals surface area contributed by atoms with Crippen LogP contribution in [0.3, 0.4) is 0 Å². The van der Waals surface area contributed by atoms with Crippen LogP contribution in [-0.4, -0.2) is 49.1 Å². The Labute approximate surface area is 149 Å². The van der Waals surface area contributed by atoms with Gasteiger partial charge in [-0.25, -0.2) is 4.79 Å². The molecule has 136 valence electrons. The van der Waals surface area contributed by atoms with Crippen LogP contribution in [0.25, 0.3) is 0 Å². The zero-order chi connectivity index (χ0) is 17.6. The molecule has 3 amide bonds. The monoisotopic (exact) mass is 344 g/mol. The Hall–Kier alpha value is -2.08. The van der Waals surface area contributed by atoms with E-state index in [1.807, 2.05) is 31.2 Å². The van der Waals surface area contributed by atoms with Crippen molar-refractivity contribution in [2.45, 2.75) is 38.6 Å². The first-order valence-corrected chi connectivity index (χ1v) is 9.25. The average molecular weight is 344 g/mol. The number of hydrogen-bond acceptors (Lipinski definition) is 3. The van der Waals surface area contributed by atoms with Gasteiger partial charge in [0.2, 0.25) is 5.91 Å². The highest BCUT2D eigenvalue weighted by Crippen LogP contribution is 2.18.